The molecule has 3 rings (SSSR count). The Labute approximate surface area is 137 Å². The third-order valence-corrected chi connectivity index (χ3v) is 4.85. The molecule has 1 aromatic carbocycles. The predicted octanol–water partition coefficient (Wildman–Crippen LogP) is 2.92. The SMILES string of the molecule is O=C(NCCCC1CCCC1)c1ccc(N2CCNC2=O)cc1. The minimum atomic E-state index is -0.0749. The average molecular weight is 315 g/mol. The molecule has 0 bridgehead atoms. The lowest BCUT2D eigenvalue weighted by Crippen LogP contribution is -2.28. The Morgan fingerprint density at radius 3 is 2.61 bits per heavy atom. The number of anilines is 1. The molecule has 5 heteroatoms. The van der Waals surface area contributed by atoms with Crippen LogP contribution in [0.3, 0.4) is 0 Å². The van der Waals surface area contributed by atoms with E-state index in [2.05, 4.69) is 10.6 Å². The number of carbonyl (C=O) groups excluding carboxylic acids is 2. The lowest BCUT2D eigenvalue weighted by atomic mass is 10.0. The molecule has 0 atom stereocenters. The number of carbonyl (C=O) groups is 2. The highest BCUT2D eigenvalue weighted by Gasteiger charge is 2.21. The van der Waals surface area contributed by atoms with E-state index in [0.717, 1.165) is 24.6 Å². The number of hydrogen-bond donors (Lipinski definition) is 2. The van der Waals surface area contributed by atoms with E-state index in [1.54, 1.807) is 17.0 Å². The van der Waals surface area contributed by atoms with Gasteiger partial charge in [-0.05, 0) is 43.0 Å². The molecule has 0 unspecified atom stereocenters. The number of benzene rings is 1. The van der Waals surface area contributed by atoms with E-state index in [1.165, 1.54) is 32.1 Å². The predicted molar refractivity (Wildman–Crippen MR) is 90.7 cm³/mol. The van der Waals surface area contributed by atoms with E-state index in [9.17, 15) is 9.59 Å². The second kappa shape index (κ2) is 7.49. The number of nitrogens with zero attached hydrogens (tertiary/aromatic N) is 1. The summed E-state index contributed by atoms with van der Waals surface area (Å²) < 4.78 is 0. The van der Waals surface area contributed by atoms with Gasteiger partial charge in [0, 0.05) is 30.9 Å². The van der Waals surface area contributed by atoms with Crippen molar-refractivity contribution in [3.8, 4) is 0 Å². The monoisotopic (exact) mass is 315 g/mol. The first-order valence-electron chi connectivity index (χ1n) is 8.67. The summed E-state index contributed by atoms with van der Waals surface area (Å²) in [6.07, 6.45) is 7.75. The quantitative estimate of drug-likeness (QED) is 0.793. The van der Waals surface area contributed by atoms with Gasteiger partial charge in [-0.15, -0.1) is 0 Å². The zero-order valence-electron chi connectivity index (χ0n) is 13.5. The number of rotatable bonds is 6. The van der Waals surface area contributed by atoms with Crippen LogP contribution in [0.5, 0.6) is 0 Å². The van der Waals surface area contributed by atoms with Crippen molar-refractivity contribution in [2.24, 2.45) is 5.92 Å². The van der Waals surface area contributed by atoms with Crippen LogP contribution in [0, 0.1) is 5.92 Å². The molecular formula is C18H25N3O2. The Hall–Kier alpha value is -2.04. The standard InChI is InChI=1S/C18H25N3O2/c22-17(19-11-3-6-14-4-1-2-5-14)15-7-9-16(10-8-15)21-13-12-20-18(21)23/h7-10,14H,1-6,11-13H2,(H,19,22)(H,20,23). The molecule has 1 aliphatic heterocycles. The van der Waals surface area contributed by atoms with Gasteiger partial charge in [0.05, 0.1) is 0 Å². The minimum absolute atomic E-state index is 0.0335. The summed E-state index contributed by atoms with van der Waals surface area (Å²) in [7, 11) is 0. The van der Waals surface area contributed by atoms with Gasteiger partial charge in [-0.1, -0.05) is 25.7 Å². The van der Waals surface area contributed by atoms with E-state index >= 15 is 0 Å². The van der Waals surface area contributed by atoms with Crippen LogP contribution in [0.25, 0.3) is 0 Å². The van der Waals surface area contributed by atoms with Crippen LogP contribution in [-0.2, 0) is 0 Å². The van der Waals surface area contributed by atoms with Gasteiger partial charge >= 0.3 is 6.03 Å². The van der Waals surface area contributed by atoms with Crippen molar-refractivity contribution in [3.63, 3.8) is 0 Å². The van der Waals surface area contributed by atoms with Crippen molar-refractivity contribution in [1.29, 1.82) is 0 Å². The van der Waals surface area contributed by atoms with Crippen molar-refractivity contribution >= 4 is 17.6 Å². The molecule has 1 aliphatic carbocycles. The molecule has 0 spiro atoms. The Morgan fingerprint density at radius 1 is 1.22 bits per heavy atom. The summed E-state index contributed by atoms with van der Waals surface area (Å²) >= 11 is 0. The van der Waals surface area contributed by atoms with Gasteiger partial charge in [0.1, 0.15) is 0 Å². The molecule has 2 fully saturated rings. The number of urea groups is 1. The zero-order chi connectivity index (χ0) is 16.1. The normalized spacial score (nSPS) is 18.3. The smallest absolute Gasteiger partial charge is 0.321 e. The van der Waals surface area contributed by atoms with E-state index in [0.29, 0.717) is 18.7 Å². The first kappa shape index (κ1) is 15.8. The third-order valence-electron chi connectivity index (χ3n) is 4.85. The van der Waals surface area contributed by atoms with Gasteiger partial charge in [-0.3, -0.25) is 9.69 Å². The van der Waals surface area contributed by atoms with Crippen LogP contribution in [-0.4, -0.2) is 31.6 Å². The van der Waals surface area contributed by atoms with Crippen molar-refractivity contribution in [2.75, 3.05) is 24.5 Å². The Bertz CT molecular complexity index is 550. The van der Waals surface area contributed by atoms with Crippen LogP contribution in [0.1, 0.15) is 48.9 Å². The first-order chi connectivity index (χ1) is 11.2. The van der Waals surface area contributed by atoms with Gasteiger partial charge in [0.2, 0.25) is 0 Å². The maximum atomic E-state index is 12.1. The second-order valence-electron chi connectivity index (χ2n) is 6.48. The first-order valence-corrected chi connectivity index (χ1v) is 8.67. The molecule has 5 nitrogen and oxygen atoms in total. The minimum Gasteiger partial charge on any atom is -0.352 e. The Morgan fingerprint density at radius 2 is 1.96 bits per heavy atom. The molecule has 1 aromatic rings. The summed E-state index contributed by atoms with van der Waals surface area (Å²) in [5.74, 6) is 0.839. The van der Waals surface area contributed by atoms with Crippen molar-refractivity contribution < 1.29 is 9.59 Å². The third kappa shape index (κ3) is 4.03. The summed E-state index contributed by atoms with van der Waals surface area (Å²) in [5.41, 5.74) is 1.48. The molecule has 1 heterocycles. The largest absolute Gasteiger partial charge is 0.352 e. The number of hydrogen-bond acceptors (Lipinski definition) is 2. The van der Waals surface area contributed by atoms with E-state index in [1.807, 2.05) is 12.1 Å². The van der Waals surface area contributed by atoms with E-state index in [-0.39, 0.29) is 11.9 Å². The molecule has 23 heavy (non-hydrogen) atoms. The van der Waals surface area contributed by atoms with Gasteiger partial charge in [-0.25, -0.2) is 4.79 Å². The number of amides is 3. The molecule has 3 amide bonds. The Kier molecular flexibility index (Phi) is 5.16. The van der Waals surface area contributed by atoms with Gasteiger partial charge in [0.15, 0.2) is 0 Å². The van der Waals surface area contributed by atoms with Gasteiger partial charge in [-0.2, -0.15) is 0 Å². The topological polar surface area (TPSA) is 61.4 Å². The molecule has 2 aliphatic rings. The molecule has 1 saturated heterocycles. The lowest BCUT2D eigenvalue weighted by molar-refractivity contribution is 0.0952. The summed E-state index contributed by atoms with van der Waals surface area (Å²) in [6, 6.07) is 7.16. The fraction of sp³-hybridized carbons (Fsp3) is 0.556. The maximum absolute atomic E-state index is 12.1. The molecule has 124 valence electrons. The van der Waals surface area contributed by atoms with Crippen molar-refractivity contribution in [2.45, 2.75) is 38.5 Å². The molecule has 0 radical (unpaired) electrons. The molecule has 0 aromatic heterocycles. The summed E-state index contributed by atoms with van der Waals surface area (Å²) in [6.45, 7) is 2.08. The maximum Gasteiger partial charge on any atom is 0.321 e. The van der Waals surface area contributed by atoms with E-state index < -0.39 is 0 Å². The van der Waals surface area contributed by atoms with Crippen molar-refractivity contribution in [3.05, 3.63) is 29.8 Å². The average Bonchev–Trinajstić information content (AvgIpc) is 3.23. The van der Waals surface area contributed by atoms with Gasteiger partial charge < -0.3 is 10.6 Å². The molecule has 2 N–H and O–H groups in total. The van der Waals surface area contributed by atoms with Crippen molar-refractivity contribution in [1.82, 2.24) is 10.6 Å². The summed E-state index contributed by atoms with van der Waals surface area (Å²) in [5, 5.41) is 5.76. The summed E-state index contributed by atoms with van der Waals surface area (Å²) in [4.78, 5) is 25.4. The highest BCUT2D eigenvalue weighted by atomic mass is 16.2. The van der Waals surface area contributed by atoms with Crippen LogP contribution in [0.2, 0.25) is 0 Å². The number of nitrogens with one attached hydrogen (secondary N) is 2. The molecular weight excluding hydrogens is 290 g/mol. The molecule has 1 saturated carbocycles. The van der Waals surface area contributed by atoms with Gasteiger partial charge in [0.25, 0.3) is 5.91 Å². The Balaban J connectivity index is 1.44. The van der Waals surface area contributed by atoms with Crippen LogP contribution in [0.15, 0.2) is 24.3 Å². The highest BCUT2D eigenvalue weighted by Crippen LogP contribution is 2.28. The second-order valence-corrected chi connectivity index (χ2v) is 6.48. The fourth-order valence-corrected chi connectivity index (χ4v) is 3.50. The van der Waals surface area contributed by atoms with E-state index in [4.69, 9.17) is 0 Å². The highest BCUT2D eigenvalue weighted by molar-refractivity contribution is 5.96. The van der Waals surface area contributed by atoms with Crippen LogP contribution >= 0.6 is 0 Å². The lowest BCUT2D eigenvalue weighted by Gasteiger charge is -2.14. The van der Waals surface area contributed by atoms with Crippen LogP contribution < -0.4 is 15.5 Å². The fourth-order valence-electron chi connectivity index (χ4n) is 3.50. The zero-order valence-corrected chi connectivity index (χ0v) is 13.5. The van der Waals surface area contributed by atoms with Crippen LogP contribution in [0.4, 0.5) is 10.5 Å².